The summed E-state index contributed by atoms with van der Waals surface area (Å²) in [6.07, 6.45) is 5.83. The van der Waals surface area contributed by atoms with Crippen LogP contribution in [0.3, 0.4) is 0 Å². The van der Waals surface area contributed by atoms with Gasteiger partial charge in [0.25, 0.3) is 5.69 Å². The van der Waals surface area contributed by atoms with E-state index in [2.05, 4.69) is 5.32 Å². The summed E-state index contributed by atoms with van der Waals surface area (Å²) in [5, 5.41) is 13.1. The highest BCUT2D eigenvalue weighted by Crippen LogP contribution is 2.18. The lowest BCUT2D eigenvalue weighted by Gasteiger charge is -2.17. The van der Waals surface area contributed by atoms with Crippen LogP contribution in [-0.4, -0.2) is 17.1 Å². The molecule has 1 unspecified atom stereocenters. The normalized spacial score (nSPS) is 17.8. The van der Waals surface area contributed by atoms with Crippen LogP contribution in [0.4, 0.5) is 16.2 Å². The third kappa shape index (κ3) is 3.80. The van der Waals surface area contributed by atoms with E-state index in [1.807, 2.05) is 12.2 Å². The predicted molar refractivity (Wildman–Crippen MR) is 70.0 cm³/mol. The number of nitrogens with one attached hydrogen (secondary N) is 1. The van der Waals surface area contributed by atoms with Gasteiger partial charge < -0.3 is 4.74 Å². The number of hydrogen-bond donors (Lipinski definition) is 1. The monoisotopic (exact) mass is 262 g/mol. The van der Waals surface area contributed by atoms with Crippen LogP contribution in [0, 0.1) is 10.1 Å². The van der Waals surface area contributed by atoms with Crippen LogP contribution < -0.4 is 5.32 Å². The minimum absolute atomic E-state index is 0.0737. The Bertz CT molecular complexity index is 513. The molecule has 1 aliphatic rings. The van der Waals surface area contributed by atoms with Gasteiger partial charge in [-0.2, -0.15) is 0 Å². The zero-order valence-electron chi connectivity index (χ0n) is 10.2. The van der Waals surface area contributed by atoms with E-state index in [4.69, 9.17) is 4.74 Å². The van der Waals surface area contributed by atoms with Gasteiger partial charge in [0.05, 0.1) is 10.6 Å². The topological polar surface area (TPSA) is 81.5 Å². The van der Waals surface area contributed by atoms with Gasteiger partial charge in [-0.1, -0.05) is 12.1 Å². The second-order valence-corrected chi connectivity index (χ2v) is 4.24. The molecule has 0 saturated carbocycles. The van der Waals surface area contributed by atoms with Crippen molar-refractivity contribution in [1.82, 2.24) is 0 Å². The molecule has 1 aliphatic carbocycles. The van der Waals surface area contributed by atoms with E-state index < -0.39 is 11.0 Å². The minimum atomic E-state index is -0.600. The molecule has 2 rings (SSSR count). The Morgan fingerprint density at radius 3 is 3.00 bits per heavy atom. The van der Waals surface area contributed by atoms with E-state index in [0.717, 1.165) is 19.3 Å². The standard InChI is InChI=1S/C13H14N2O4/c16-13(19-12-7-2-1-3-8-12)14-10-5-4-6-11(9-10)15(17)18/h2,4-7,9,12H,1,3,8H2,(H,14,16). The van der Waals surface area contributed by atoms with Gasteiger partial charge in [-0.05, 0) is 31.4 Å². The zero-order valence-corrected chi connectivity index (χ0v) is 10.2. The zero-order chi connectivity index (χ0) is 13.7. The quantitative estimate of drug-likeness (QED) is 0.515. The van der Waals surface area contributed by atoms with E-state index in [1.54, 1.807) is 6.07 Å². The molecule has 0 fully saturated rings. The maximum absolute atomic E-state index is 11.6. The third-order valence-corrected chi connectivity index (χ3v) is 2.77. The Morgan fingerprint density at radius 1 is 1.47 bits per heavy atom. The highest BCUT2D eigenvalue weighted by Gasteiger charge is 2.14. The van der Waals surface area contributed by atoms with Crippen LogP contribution in [0.2, 0.25) is 0 Å². The van der Waals surface area contributed by atoms with Gasteiger partial charge in [-0.15, -0.1) is 0 Å². The number of carbonyl (C=O) groups excluding carboxylic acids is 1. The van der Waals surface area contributed by atoms with Crippen molar-refractivity contribution >= 4 is 17.5 Å². The molecule has 1 aromatic rings. The number of amides is 1. The molecule has 0 spiro atoms. The van der Waals surface area contributed by atoms with Gasteiger partial charge in [-0.3, -0.25) is 15.4 Å². The van der Waals surface area contributed by atoms with E-state index in [-0.39, 0.29) is 11.8 Å². The first-order chi connectivity index (χ1) is 9.15. The summed E-state index contributed by atoms with van der Waals surface area (Å²) < 4.78 is 5.19. The summed E-state index contributed by atoms with van der Waals surface area (Å²) >= 11 is 0. The van der Waals surface area contributed by atoms with Crippen LogP contribution in [0.1, 0.15) is 19.3 Å². The summed E-state index contributed by atoms with van der Waals surface area (Å²) in [6, 6.07) is 5.73. The smallest absolute Gasteiger partial charge is 0.412 e. The lowest BCUT2D eigenvalue weighted by atomic mass is 10.1. The number of ether oxygens (including phenoxy) is 1. The fourth-order valence-corrected chi connectivity index (χ4v) is 1.86. The van der Waals surface area contributed by atoms with Gasteiger partial charge in [0, 0.05) is 12.1 Å². The first-order valence-electron chi connectivity index (χ1n) is 6.04. The van der Waals surface area contributed by atoms with Crippen LogP contribution in [0.15, 0.2) is 36.4 Å². The molecule has 1 N–H and O–H groups in total. The Morgan fingerprint density at radius 2 is 2.32 bits per heavy atom. The number of nitro benzene ring substituents is 1. The van der Waals surface area contributed by atoms with E-state index in [1.165, 1.54) is 18.2 Å². The average molecular weight is 262 g/mol. The SMILES string of the molecule is O=C(Nc1cccc([N+](=O)[O-])c1)OC1C=CCCC1. The summed E-state index contributed by atoms with van der Waals surface area (Å²) in [6.45, 7) is 0. The number of benzene rings is 1. The van der Waals surface area contributed by atoms with E-state index >= 15 is 0 Å². The number of rotatable bonds is 3. The number of allylic oxidation sites excluding steroid dienone is 1. The summed E-state index contributed by atoms with van der Waals surface area (Å²) in [4.78, 5) is 21.7. The van der Waals surface area contributed by atoms with Crippen molar-refractivity contribution in [3.8, 4) is 0 Å². The Hall–Kier alpha value is -2.37. The summed E-state index contributed by atoms with van der Waals surface area (Å²) in [7, 11) is 0. The number of hydrogen-bond acceptors (Lipinski definition) is 4. The van der Waals surface area contributed by atoms with Crippen LogP contribution in [0.25, 0.3) is 0 Å². The van der Waals surface area contributed by atoms with Crippen molar-refractivity contribution in [1.29, 1.82) is 0 Å². The van der Waals surface area contributed by atoms with Gasteiger partial charge in [0.1, 0.15) is 6.10 Å². The molecule has 1 amide bonds. The molecule has 0 bridgehead atoms. The summed E-state index contributed by atoms with van der Waals surface area (Å²) in [5.41, 5.74) is 0.273. The molecule has 0 aliphatic heterocycles. The largest absolute Gasteiger partial charge is 0.442 e. The van der Waals surface area contributed by atoms with E-state index in [9.17, 15) is 14.9 Å². The highest BCUT2D eigenvalue weighted by molar-refractivity contribution is 5.85. The number of anilines is 1. The lowest BCUT2D eigenvalue weighted by Crippen LogP contribution is -2.22. The predicted octanol–water partition coefficient (Wildman–Crippen LogP) is 3.25. The Kier molecular flexibility index (Phi) is 4.12. The number of nitro groups is 1. The first-order valence-corrected chi connectivity index (χ1v) is 6.04. The molecule has 6 heteroatoms. The Balaban J connectivity index is 1.94. The molecule has 1 aromatic carbocycles. The van der Waals surface area contributed by atoms with Crippen molar-refractivity contribution in [2.45, 2.75) is 25.4 Å². The molecule has 0 radical (unpaired) electrons. The van der Waals surface area contributed by atoms with Crippen LogP contribution >= 0.6 is 0 Å². The molecular formula is C13H14N2O4. The van der Waals surface area contributed by atoms with Gasteiger partial charge >= 0.3 is 6.09 Å². The third-order valence-electron chi connectivity index (χ3n) is 2.77. The maximum atomic E-state index is 11.6. The molecule has 6 nitrogen and oxygen atoms in total. The van der Waals surface area contributed by atoms with Crippen molar-refractivity contribution in [3.05, 3.63) is 46.5 Å². The molecule has 1 atom stereocenters. The van der Waals surface area contributed by atoms with Gasteiger partial charge in [0.15, 0.2) is 0 Å². The van der Waals surface area contributed by atoms with Crippen molar-refractivity contribution in [2.75, 3.05) is 5.32 Å². The number of carbonyl (C=O) groups is 1. The number of non-ortho nitro benzene ring substituents is 1. The van der Waals surface area contributed by atoms with Crippen molar-refractivity contribution in [2.24, 2.45) is 0 Å². The number of nitrogens with zero attached hydrogens (tertiary/aromatic N) is 1. The molecule has 100 valence electrons. The Labute approximate surface area is 110 Å². The molecule has 0 aromatic heterocycles. The van der Waals surface area contributed by atoms with Crippen molar-refractivity contribution < 1.29 is 14.5 Å². The van der Waals surface area contributed by atoms with Crippen LogP contribution in [0.5, 0.6) is 0 Å². The second-order valence-electron chi connectivity index (χ2n) is 4.24. The van der Waals surface area contributed by atoms with E-state index in [0.29, 0.717) is 5.69 Å². The molecular weight excluding hydrogens is 248 g/mol. The first kappa shape index (κ1) is 13.1. The van der Waals surface area contributed by atoms with Gasteiger partial charge in [0.2, 0.25) is 0 Å². The van der Waals surface area contributed by atoms with Crippen molar-refractivity contribution in [3.63, 3.8) is 0 Å². The minimum Gasteiger partial charge on any atom is -0.442 e. The fourth-order valence-electron chi connectivity index (χ4n) is 1.86. The van der Waals surface area contributed by atoms with Crippen LogP contribution in [-0.2, 0) is 4.74 Å². The highest BCUT2D eigenvalue weighted by atomic mass is 16.6. The maximum Gasteiger partial charge on any atom is 0.412 e. The molecule has 19 heavy (non-hydrogen) atoms. The lowest BCUT2D eigenvalue weighted by molar-refractivity contribution is -0.384. The molecule has 0 saturated heterocycles. The average Bonchev–Trinajstić information content (AvgIpc) is 2.40. The van der Waals surface area contributed by atoms with Gasteiger partial charge in [-0.25, -0.2) is 4.79 Å². The molecule has 0 heterocycles. The fraction of sp³-hybridized carbons (Fsp3) is 0.308. The summed E-state index contributed by atoms with van der Waals surface area (Å²) in [5.74, 6) is 0. The second kappa shape index (κ2) is 5.99.